The Bertz CT molecular complexity index is 496. The van der Waals surface area contributed by atoms with Crippen molar-refractivity contribution < 1.29 is 14.7 Å². The predicted octanol–water partition coefficient (Wildman–Crippen LogP) is 1.60. The lowest BCUT2D eigenvalue weighted by molar-refractivity contribution is 0.0690. The van der Waals surface area contributed by atoms with Crippen molar-refractivity contribution in [3.63, 3.8) is 0 Å². The Morgan fingerprint density at radius 3 is 2.45 bits per heavy atom. The maximum absolute atomic E-state index is 12.1. The highest BCUT2D eigenvalue weighted by molar-refractivity contribution is 6.04. The lowest BCUT2D eigenvalue weighted by Gasteiger charge is -2.23. The molecule has 0 bridgehead atoms. The minimum atomic E-state index is -1.08. The molecule has 5 nitrogen and oxygen atoms in total. The predicted molar refractivity (Wildman–Crippen MR) is 76.0 cm³/mol. The van der Waals surface area contributed by atoms with Gasteiger partial charge in [0, 0.05) is 12.6 Å². The Hall–Kier alpha value is -1.88. The molecule has 0 radical (unpaired) electrons. The van der Waals surface area contributed by atoms with E-state index in [-0.39, 0.29) is 23.1 Å². The van der Waals surface area contributed by atoms with Gasteiger partial charge in [-0.2, -0.15) is 0 Å². The van der Waals surface area contributed by atoms with E-state index in [1.54, 1.807) is 18.2 Å². The number of amides is 1. The molecular formula is C15H20N2O3. The van der Waals surface area contributed by atoms with Crippen molar-refractivity contribution in [3.05, 3.63) is 35.4 Å². The van der Waals surface area contributed by atoms with Gasteiger partial charge in [-0.1, -0.05) is 12.1 Å². The van der Waals surface area contributed by atoms with Gasteiger partial charge in [-0.15, -0.1) is 0 Å². The van der Waals surface area contributed by atoms with Crippen LogP contribution in [0, 0.1) is 0 Å². The van der Waals surface area contributed by atoms with Crippen LogP contribution in [0.4, 0.5) is 0 Å². The number of carbonyl (C=O) groups is 2. The molecule has 20 heavy (non-hydrogen) atoms. The molecule has 5 heteroatoms. The molecule has 1 fully saturated rings. The summed E-state index contributed by atoms with van der Waals surface area (Å²) in [6, 6.07) is 6.55. The smallest absolute Gasteiger partial charge is 0.336 e. The molecule has 1 saturated heterocycles. The molecule has 1 aromatic carbocycles. The van der Waals surface area contributed by atoms with Crippen LogP contribution in [-0.4, -0.2) is 47.6 Å². The van der Waals surface area contributed by atoms with Crippen molar-refractivity contribution in [2.24, 2.45) is 0 Å². The number of nitrogens with one attached hydrogen (secondary N) is 1. The van der Waals surface area contributed by atoms with Gasteiger partial charge in [-0.3, -0.25) is 9.69 Å². The second-order valence-corrected chi connectivity index (χ2v) is 5.15. The lowest BCUT2D eigenvalue weighted by atomic mass is 10.1. The minimum absolute atomic E-state index is 0.0406. The van der Waals surface area contributed by atoms with E-state index < -0.39 is 5.97 Å². The van der Waals surface area contributed by atoms with Crippen LogP contribution < -0.4 is 5.32 Å². The summed E-state index contributed by atoms with van der Waals surface area (Å²) in [5, 5.41) is 11.9. The lowest BCUT2D eigenvalue weighted by Crippen LogP contribution is -2.41. The van der Waals surface area contributed by atoms with E-state index in [1.165, 1.54) is 18.9 Å². The topological polar surface area (TPSA) is 69.6 Å². The number of aromatic carboxylic acids is 1. The molecule has 1 unspecified atom stereocenters. The van der Waals surface area contributed by atoms with Crippen LogP contribution in [0.1, 0.15) is 40.5 Å². The van der Waals surface area contributed by atoms with Gasteiger partial charge in [-0.05, 0) is 45.0 Å². The normalized spacial score (nSPS) is 16.9. The molecule has 0 aromatic heterocycles. The highest BCUT2D eigenvalue weighted by Gasteiger charge is 2.20. The van der Waals surface area contributed by atoms with Gasteiger partial charge in [0.1, 0.15) is 0 Å². The first-order valence-electron chi connectivity index (χ1n) is 6.94. The van der Waals surface area contributed by atoms with E-state index in [1.807, 2.05) is 0 Å². The minimum Gasteiger partial charge on any atom is -0.478 e. The third kappa shape index (κ3) is 3.36. The van der Waals surface area contributed by atoms with Crippen LogP contribution >= 0.6 is 0 Å². The Kier molecular flexibility index (Phi) is 4.74. The quantitative estimate of drug-likeness (QED) is 0.857. The molecule has 1 heterocycles. The first-order valence-corrected chi connectivity index (χ1v) is 6.94. The number of likely N-dealkylation sites (tertiary alicyclic amines) is 1. The van der Waals surface area contributed by atoms with E-state index >= 15 is 0 Å². The molecule has 2 N–H and O–H groups in total. The maximum atomic E-state index is 12.1. The zero-order valence-electron chi connectivity index (χ0n) is 11.6. The van der Waals surface area contributed by atoms with Crippen LogP contribution in [0.15, 0.2) is 24.3 Å². The summed E-state index contributed by atoms with van der Waals surface area (Å²) in [5.74, 6) is -1.41. The monoisotopic (exact) mass is 276 g/mol. The molecular weight excluding hydrogens is 256 g/mol. The van der Waals surface area contributed by atoms with E-state index in [0.717, 1.165) is 13.1 Å². The van der Waals surface area contributed by atoms with Crippen LogP contribution in [-0.2, 0) is 0 Å². The van der Waals surface area contributed by atoms with Crippen molar-refractivity contribution in [2.45, 2.75) is 25.8 Å². The summed E-state index contributed by atoms with van der Waals surface area (Å²) >= 11 is 0. The fourth-order valence-electron chi connectivity index (χ4n) is 2.51. The van der Waals surface area contributed by atoms with Crippen molar-refractivity contribution in [1.29, 1.82) is 0 Å². The number of rotatable bonds is 5. The second kappa shape index (κ2) is 6.52. The van der Waals surface area contributed by atoms with Crippen molar-refractivity contribution in [2.75, 3.05) is 19.6 Å². The van der Waals surface area contributed by atoms with E-state index in [9.17, 15) is 9.59 Å². The average molecular weight is 276 g/mol. The number of benzene rings is 1. The number of nitrogens with zero attached hydrogens (tertiary/aromatic N) is 1. The maximum Gasteiger partial charge on any atom is 0.336 e. The number of hydrogen-bond acceptors (Lipinski definition) is 3. The molecule has 1 aromatic rings. The standard InChI is InChI=1S/C15H20N2O3/c1-11(17-8-4-5-9-17)10-16-14(18)12-6-2-3-7-13(12)15(19)20/h2-3,6-7,11H,4-5,8-10H2,1H3,(H,16,18)(H,19,20). The van der Waals surface area contributed by atoms with Gasteiger partial charge in [0.2, 0.25) is 0 Å². The van der Waals surface area contributed by atoms with E-state index in [4.69, 9.17) is 5.11 Å². The second-order valence-electron chi connectivity index (χ2n) is 5.15. The summed E-state index contributed by atoms with van der Waals surface area (Å²) in [4.78, 5) is 25.5. The van der Waals surface area contributed by atoms with Crippen LogP contribution in [0.2, 0.25) is 0 Å². The number of hydrogen-bond donors (Lipinski definition) is 2. The van der Waals surface area contributed by atoms with Gasteiger partial charge < -0.3 is 10.4 Å². The summed E-state index contributed by atoms with van der Waals surface area (Å²) in [7, 11) is 0. The number of carboxylic acid groups (broad SMARTS) is 1. The molecule has 1 aliphatic rings. The molecule has 1 atom stereocenters. The van der Waals surface area contributed by atoms with Gasteiger partial charge in [0.05, 0.1) is 11.1 Å². The number of carbonyl (C=O) groups excluding carboxylic acids is 1. The Morgan fingerprint density at radius 2 is 1.85 bits per heavy atom. The Morgan fingerprint density at radius 1 is 1.25 bits per heavy atom. The van der Waals surface area contributed by atoms with Gasteiger partial charge in [0.25, 0.3) is 5.91 Å². The molecule has 0 aliphatic carbocycles. The summed E-state index contributed by atoms with van der Waals surface area (Å²) in [6.07, 6.45) is 2.42. The fraction of sp³-hybridized carbons (Fsp3) is 0.467. The SMILES string of the molecule is CC(CNC(=O)c1ccccc1C(=O)O)N1CCCC1. The number of carboxylic acids is 1. The Balaban J connectivity index is 1.96. The van der Waals surface area contributed by atoms with Gasteiger partial charge in [-0.25, -0.2) is 4.79 Å². The average Bonchev–Trinajstić information content (AvgIpc) is 2.98. The van der Waals surface area contributed by atoms with E-state index in [0.29, 0.717) is 6.54 Å². The third-order valence-corrected chi connectivity index (χ3v) is 3.72. The largest absolute Gasteiger partial charge is 0.478 e. The van der Waals surface area contributed by atoms with Crippen molar-refractivity contribution in [1.82, 2.24) is 10.2 Å². The Labute approximate surface area is 118 Å². The fourth-order valence-corrected chi connectivity index (χ4v) is 2.51. The van der Waals surface area contributed by atoms with Gasteiger partial charge >= 0.3 is 5.97 Å². The van der Waals surface area contributed by atoms with E-state index in [2.05, 4.69) is 17.1 Å². The molecule has 0 saturated carbocycles. The molecule has 1 aliphatic heterocycles. The van der Waals surface area contributed by atoms with Crippen molar-refractivity contribution >= 4 is 11.9 Å². The summed E-state index contributed by atoms with van der Waals surface area (Å²) in [6.45, 7) is 4.76. The van der Waals surface area contributed by atoms with Crippen LogP contribution in [0.3, 0.4) is 0 Å². The molecule has 1 amide bonds. The highest BCUT2D eigenvalue weighted by atomic mass is 16.4. The van der Waals surface area contributed by atoms with Gasteiger partial charge in [0.15, 0.2) is 0 Å². The molecule has 0 spiro atoms. The highest BCUT2D eigenvalue weighted by Crippen LogP contribution is 2.12. The van der Waals surface area contributed by atoms with Crippen molar-refractivity contribution in [3.8, 4) is 0 Å². The third-order valence-electron chi connectivity index (χ3n) is 3.72. The summed E-state index contributed by atoms with van der Waals surface area (Å²) in [5.41, 5.74) is 0.257. The van der Waals surface area contributed by atoms with Crippen LogP contribution in [0.25, 0.3) is 0 Å². The zero-order valence-corrected chi connectivity index (χ0v) is 11.6. The molecule has 108 valence electrons. The summed E-state index contributed by atoms with van der Waals surface area (Å²) < 4.78 is 0. The molecule has 2 rings (SSSR count). The van der Waals surface area contributed by atoms with Crippen LogP contribution in [0.5, 0.6) is 0 Å². The zero-order chi connectivity index (χ0) is 14.5. The first kappa shape index (κ1) is 14.5. The first-order chi connectivity index (χ1) is 9.59.